The molecule has 8 atom stereocenters. The first-order valence-electron chi connectivity index (χ1n) is 12.7. The van der Waals surface area contributed by atoms with Crippen LogP contribution in [0.25, 0.3) is 0 Å². The van der Waals surface area contributed by atoms with E-state index in [1.54, 1.807) is 17.1 Å². The third-order valence-electron chi connectivity index (χ3n) is 10.4. The second-order valence-electron chi connectivity index (χ2n) is 11.7. The molecule has 4 aliphatic carbocycles. The average Bonchev–Trinajstić information content (AvgIpc) is 3.39. The van der Waals surface area contributed by atoms with Gasteiger partial charge in [-0.15, -0.1) is 0 Å². The molecule has 1 aromatic heterocycles. The highest BCUT2D eigenvalue weighted by Gasteiger charge is 2.60. The van der Waals surface area contributed by atoms with E-state index >= 15 is 0 Å². The number of rotatable bonds is 3. The molecular formula is C27H41N3O2. The largest absolute Gasteiger partial charge is 0.400 e. The number of aliphatic hydroxyl groups is 1. The number of carbonyl (C=O) groups is 1. The number of ketones is 1. The number of Topliss-reactive ketones (excluding diaryl/α,β-unsaturated/α-hetero) is 1. The van der Waals surface area contributed by atoms with E-state index in [1.807, 2.05) is 0 Å². The summed E-state index contributed by atoms with van der Waals surface area (Å²) < 4.78 is 1.67. The summed E-state index contributed by atoms with van der Waals surface area (Å²) in [5.41, 5.74) is 1.24. The van der Waals surface area contributed by atoms with E-state index in [0.717, 1.165) is 43.1 Å². The summed E-state index contributed by atoms with van der Waals surface area (Å²) in [6.45, 7) is 7.84. The molecule has 0 spiro atoms. The van der Waals surface area contributed by atoms with E-state index in [4.69, 9.17) is 10.4 Å². The molecule has 0 saturated heterocycles. The smallest absolute Gasteiger partial charge is 0.157 e. The molecule has 0 amide bonds. The number of nitrogens with zero attached hydrogens (tertiary/aromatic N) is 3. The molecule has 5 nitrogen and oxygen atoms in total. The molecule has 0 radical (unpaired) electrons. The van der Waals surface area contributed by atoms with E-state index in [9.17, 15) is 4.79 Å². The van der Waals surface area contributed by atoms with Crippen LogP contribution in [0.3, 0.4) is 0 Å². The summed E-state index contributed by atoms with van der Waals surface area (Å²) in [5, 5.41) is 20.3. The summed E-state index contributed by atoms with van der Waals surface area (Å²) in [4.78, 5) is 13.3. The lowest BCUT2D eigenvalue weighted by Gasteiger charge is -2.61. The minimum Gasteiger partial charge on any atom is -0.400 e. The van der Waals surface area contributed by atoms with Crippen molar-refractivity contribution in [1.29, 1.82) is 5.26 Å². The molecule has 1 heterocycles. The summed E-state index contributed by atoms with van der Waals surface area (Å²) in [7, 11) is 1.00. The Hall–Kier alpha value is -1.67. The third-order valence-corrected chi connectivity index (χ3v) is 10.4. The van der Waals surface area contributed by atoms with Gasteiger partial charge in [0.05, 0.1) is 18.3 Å². The van der Waals surface area contributed by atoms with Crippen LogP contribution in [0.5, 0.6) is 0 Å². The van der Waals surface area contributed by atoms with Gasteiger partial charge in [0.15, 0.2) is 5.78 Å². The van der Waals surface area contributed by atoms with Crippen molar-refractivity contribution in [1.82, 2.24) is 9.78 Å². The molecule has 176 valence electrons. The molecule has 0 aromatic carbocycles. The number of aromatic nitrogens is 2. The van der Waals surface area contributed by atoms with E-state index < -0.39 is 0 Å². The number of carbonyl (C=O) groups excluding carboxylic acids is 1. The van der Waals surface area contributed by atoms with Crippen molar-refractivity contribution in [3.05, 3.63) is 18.0 Å². The lowest BCUT2D eigenvalue weighted by Crippen LogP contribution is -2.53. The van der Waals surface area contributed by atoms with Crippen LogP contribution in [-0.2, 0) is 11.3 Å². The number of nitriles is 1. The Kier molecular flexibility index (Phi) is 6.56. The third kappa shape index (κ3) is 3.73. The number of hydrogen-bond donors (Lipinski definition) is 1. The fraction of sp³-hybridized carbons (Fsp3) is 0.815. The lowest BCUT2D eigenvalue weighted by atomic mass is 9.44. The first-order valence-corrected chi connectivity index (χ1v) is 12.7. The fourth-order valence-corrected chi connectivity index (χ4v) is 8.78. The van der Waals surface area contributed by atoms with Gasteiger partial charge in [0.2, 0.25) is 0 Å². The van der Waals surface area contributed by atoms with E-state index in [2.05, 4.69) is 31.9 Å². The van der Waals surface area contributed by atoms with Gasteiger partial charge in [-0.25, -0.2) is 0 Å². The zero-order chi connectivity index (χ0) is 23.1. The maximum absolute atomic E-state index is 13.3. The summed E-state index contributed by atoms with van der Waals surface area (Å²) in [5.74, 6) is 4.75. The predicted molar refractivity (Wildman–Crippen MR) is 124 cm³/mol. The van der Waals surface area contributed by atoms with Crippen LogP contribution < -0.4 is 0 Å². The molecule has 4 saturated carbocycles. The second kappa shape index (κ2) is 8.93. The van der Waals surface area contributed by atoms with Gasteiger partial charge in [-0.1, -0.05) is 27.2 Å². The van der Waals surface area contributed by atoms with Gasteiger partial charge in [-0.05, 0) is 91.8 Å². The summed E-state index contributed by atoms with van der Waals surface area (Å²) >= 11 is 0. The fourth-order valence-electron chi connectivity index (χ4n) is 8.78. The van der Waals surface area contributed by atoms with Gasteiger partial charge < -0.3 is 5.11 Å². The van der Waals surface area contributed by atoms with Crippen molar-refractivity contribution in [3.63, 3.8) is 0 Å². The zero-order valence-electron chi connectivity index (χ0n) is 20.4. The van der Waals surface area contributed by atoms with Gasteiger partial charge in [0, 0.05) is 19.2 Å². The molecular weight excluding hydrogens is 398 g/mol. The van der Waals surface area contributed by atoms with Crippen molar-refractivity contribution in [2.24, 2.45) is 46.3 Å². The number of fused-ring (bicyclic) bond motifs is 5. The van der Waals surface area contributed by atoms with Crippen LogP contribution in [0.1, 0.15) is 84.1 Å². The second-order valence-corrected chi connectivity index (χ2v) is 11.7. The van der Waals surface area contributed by atoms with Gasteiger partial charge in [0.1, 0.15) is 6.07 Å². The minimum atomic E-state index is 0.161. The maximum Gasteiger partial charge on any atom is 0.157 e. The van der Waals surface area contributed by atoms with Crippen molar-refractivity contribution >= 4 is 5.78 Å². The van der Waals surface area contributed by atoms with Crippen LogP contribution in [0.4, 0.5) is 0 Å². The van der Waals surface area contributed by atoms with Crippen LogP contribution in [0.15, 0.2) is 12.4 Å². The molecule has 4 fully saturated rings. The van der Waals surface area contributed by atoms with Gasteiger partial charge in [-0.2, -0.15) is 10.4 Å². The molecule has 1 N–H and O–H groups in total. The maximum atomic E-state index is 13.3. The van der Waals surface area contributed by atoms with Crippen LogP contribution in [0, 0.1) is 57.7 Å². The Labute approximate surface area is 193 Å². The van der Waals surface area contributed by atoms with Crippen molar-refractivity contribution in [2.45, 2.75) is 85.1 Å². The Morgan fingerprint density at radius 1 is 1.12 bits per heavy atom. The minimum absolute atomic E-state index is 0.161. The zero-order valence-corrected chi connectivity index (χ0v) is 20.4. The Morgan fingerprint density at radius 3 is 2.56 bits per heavy atom. The number of aliphatic hydroxyl groups excluding tert-OH is 1. The average molecular weight is 440 g/mol. The summed E-state index contributed by atoms with van der Waals surface area (Å²) in [6, 6.07) is 2.11. The van der Waals surface area contributed by atoms with E-state index in [-0.39, 0.29) is 11.3 Å². The molecule has 0 aliphatic heterocycles. The topological polar surface area (TPSA) is 78.9 Å². The highest BCUT2D eigenvalue weighted by Crippen LogP contribution is 2.67. The Morgan fingerprint density at radius 2 is 1.84 bits per heavy atom. The molecule has 5 heteroatoms. The van der Waals surface area contributed by atoms with Crippen molar-refractivity contribution in [2.75, 3.05) is 7.11 Å². The number of hydrogen-bond acceptors (Lipinski definition) is 4. The highest BCUT2D eigenvalue weighted by molar-refractivity contribution is 5.82. The molecule has 32 heavy (non-hydrogen) atoms. The summed E-state index contributed by atoms with van der Waals surface area (Å²) in [6.07, 6.45) is 15.2. The quantitative estimate of drug-likeness (QED) is 0.700. The molecule has 0 bridgehead atoms. The monoisotopic (exact) mass is 439 g/mol. The van der Waals surface area contributed by atoms with Crippen LogP contribution >= 0.6 is 0 Å². The molecule has 7 unspecified atom stereocenters. The van der Waals surface area contributed by atoms with E-state index in [0.29, 0.717) is 23.3 Å². The highest BCUT2D eigenvalue weighted by atomic mass is 16.2. The first kappa shape index (κ1) is 23.5. The SMILES string of the molecule is CC1CCC2(C)C(CCC3C2CCC2(C)C3CC[C@@H]2C(=O)Cn2cc(C#N)cn2)C1.CO. The first-order chi connectivity index (χ1) is 15.3. The van der Waals surface area contributed by atoms with Crippen LogP contribution in [-0.4, -0.2) is 27.8 Å². The van der Waals surface area contributed by atoms with Gasteiger partial charge in [0.25, 0.3) is 0 Å². The normalized spacial score (nSPS) is 42.5. The molecule has 5 rings (SSSR count). The Balaban J connectivity index is 0.00000119. The lowest BCUT2D eigenvalue weighted by molar-refractivity contribution is -0.137. The molecule has 1 aromatic rings. The standard InChI is InChI=1S/C26H37N3O.CH4O/c1-17-8-10-25(2)19(12-17)4-5-20-21-6-7-23(26(21,3)11-9-22(20)25)24(30)16-29-15-18(13-27)14-28-29;1-2/h14-15,17,19-23H,4-12,16H2,1-3H3;2H,1H3/t17?,19?,20?,21?,22?,23-,25?,26?;/m1./s1. The van der Waals surface area contributed by atoms with Crippen molar-refractivity contribution < 1.29 is 9.90 Å². The van der Waals surface area contributed by atoms with Crippen molar-refractivity contribution in [3.8, 4) is 6.07 Å². The van der Waals surface area contributed by atoms with Crippen LogP contribution in [0.2, 0.25) is 0 Å². The van der Waals surface area contributed by atoms with Gasteiger partial charge >= 0.3 is 0 Å². The van der Waals surface area contributed by atoms with E-state index in [1.165, 1.54) is 51.4 Å². The predicted octanol–water partition coefficient (Wildman–Crippen LogP) is 5.23. The molecule has 4 aliphatic rings. The Bertz CT molecular complexity index is 872. The van der Waals surface area contributed by atoms with Gasteiger partial charge in [-0.3, -0.25) is 9.48 Å².